The molecule has 1 saturated heterocycles. The van der Waals surface area contributed by atoms with E-state index in [9.17, 15) is 4.79 Å². The van der Waals surface area contributed by atoms with Gasteiger partial charge in [-0.3, -0.25) is 4.79 Å². The summed E-state index contributed by atoms with van der Waals surface area (Å²) in [5, 5.41) is 0. The Bertz CT molecular complexity index is 242. The molecule has 1 unspecified atom stereocenters. The van der Waals surface area contributed by atoms with Gasteiger partial charge in [-0.15, -0.1) is 0 Å². The van der Waals surface area contributed by atoms with Crippen LogP contribution in [-0.2, 0) is 14.3 Å². The van der Waals surface area contributed by atoms with Crippen LogP contribution in [0, 0.1) is 11.3 Å². The zero-order valence-corrected chi connectivity index (χ0v) is 11.1. The van der Waals surface area contributed by atoms with Crippen LogP contribution < -0.4 is 0 Å². The predicted molar refractivity (Wildman–Crippen MR) is 63.1 cm³/mol. The second-order valence-electron chi connectivity index (χ2n) is 5.77. The molecule has 0 N–H and O–H groups in total. The summed E-state index contributed by atoms with van der Waals surface area (Å²) in [6.07, 6.45) is 2.20. The fourth-order valence-corrected chi connectivity index (χ4v) is 1.96. The van der Waals surface area contributed by atoms with Crippen LogP contribution in [0.15, 0.2) is 0 Å². The average Bonchev–Trinajstić information content (AvgIpc) is 2.16. The van der Waals surface area contributed by atoms with E-state index in [0.29, 0.717) is 18.6 Å². The summed E-state index contributed by atoms with van der Waals surface area (Å²) in [5.74, 6) is 0.333. The molecule has 0 spiro atoms. The summed E-state index contributed by atoms with van der Waals surface area (Å²) in [6, 6.07) is 0. The summed E-state index contributed by atoms with van der Waals surface area (Å²) < 4.78 is 11.1. The highest BCUT2D eigenvalue weighted by molar-refractivity contribution is 5.75. The van der Waals surface area contributed by atoms with Gasteiger partial charge in [0.25, 0.3) is 0 Å². The van der Waals surface area contributed by atoms with Crippen molar-refractivity contribution in [3.05, 3.63) is 0 Å². The third kappa shape index (κ3) is 3.48. The first-order valence-electron chi connectivity index (χ1n) is 6.17. The van der Waals surface area contributed by atoms with Crippen LogP contribution in [0.2, 0.25) is 0 Å². The van der Waals surface area contributed by atoms with E-state index in [1.807, 2.05) is 20.8 Å². The highest BCUT2D eigenvalue weighted by atomic mass is 16.6. The van der Waals surface area contributed by atoms with Crippen LogP contribution in [0.3, 0.4) is 0 Å². The summed E-state index contributed by atoms with van der Waals surface area (Å²) >= 11 is 0. The number of hydrogen-bond donors (Lipinski definition) is 0. The van der Waals surface area contributed by atoms with Crippen LogP contribution in [0.25, 0.3) is 0 Å². The van der Waals surface area contributed by atoms with Crippen molar-refractivity contribution < 1.29 is 14.3 Å². The molecule has 0 radical (unpaired) electrons. The number of carbonyl (C=O) groups excluding carboxylic acids is 1. The lowest BCUT2D eigenvalue weighted by atomic mass is 9.92. The maximum Gasteiger partial charge on any atom is 0.311 e. The SMILES string of the molecule is CC[C@H]1OCC(OC(=O)C(C)(C)C)C[C@@H]1C. The molecule has 0 bridgehead atoms. The first kappa shape index (κ1) is 13.5. The maximum atomic E-state index is 11.7. The molecule has 1 aliphatic rings. The zero-order valence-electron chi connectivity index (χ0n) is 11.1. The van der Waals surface area contributed by atoms with Crippen LogP contribution in [0.5, 0.6) is 0 Å². The topological polar surface area (TPSA) is 35.5 Å². The minimum absolute atomic E-state index is 0.0653. The fraction of sp³-hybridized carbons (Fsp3) is 0.923. The van der Waals surface area contributed by atoms with Gasteiger partial charge in [0.15, 0.2) is 0 Å². The fourth-order valence-electron chi connectivity index (χ4n) is 1.96. The molecular formula is C13H24O3. The van der Waals surface area contributed by atoms with Crippen molar-refractivity contribution in [1.82, 2.24) is 0 Å². The van der Waals surface area contributed by atoms with Crippen molar-refractivity contribution in [1.29, 1.82) is 0 Å². The lowest BCUT2D eigenvalue weighted by Gasteiger charge is -2.34. The van der Waals surface area contributed by atoms with Crippen molar-refractivity contribution in [3.63, 3.8) is 0 Å². The Kier molecular flexibility index (Phi) is 4.36. The van der Waals surface area contributed by atoms with Crippen molar-refractivity contribution in [3.8, 4) is 0 Å². The van der Waals surface area contributed by atoms with Gasteiger partial charge >= 0.3 is 5.97 Å². The molecule has 3 heteroatoms. The Morgan fingerprint density at radius 3 is 2.50 bits per heavy atom. The normalized spacial score (nSPS) is 31.2. The highest BCUT2D eigenvalue weighted by Gasteiger charge is 2.32. The molecular weight excluding hydrogens is 204 g/mol. The molecule has 0 aromatic heterocycles. The highest BCUT2D eigenvalue weighted by Crippen LogP contribution is 2.26. The van der Waals surface area contributed by atoms with Crippen LogP contribution in [-0.4, -0.2) is 24.8 Å². The molecule has 3 atom stereocenters. The molecule has 1 rings (SSSR count). The summed E-state index contributed by atoms with van der Waals surface area (Å²) in [4.78, 5) is 11.7. The van der Waals surface area contributed by atoms with Crippen molar-refractivity contribution in [2.24, 2.45) is 11.3 Å². The summed E-state index contributed by atoms with van der Waals surface area (Å²) in [6.45, 7) is 10.4. The summed E-state index contributed by atoms with van der Waals surface area (Å²) in [5.41, 5.74) is -0.426. The van der Waals surface area contributed by atoms with Gasteiger partial charge in [-0.1, -0.05) is 13.8 Å². The maximum absolute atomic E-state index is 11.7. The van der Waals surface area contributed by atoms with Crippen molar-refractivity contribution in [2.75, 3.05) is 6.61 Å². The van der Waals surface area contributed by atoms with Crippen LogP contribution in [0.4, 0.5) is 0 Å². The van der Waals surface area contributed by atoms with Gasteiger partial charge in [-0.2, -0.15) is 0 Å². The third-order valence-electron chi connectivity index (χ3n) is 3.05. The molecule has 0 aromatic rings. The molecule has 94 valence electrons. The van der Waals surface area contributed by atoms with E-state index in [0.717, 1.165) is 12.8 Å². The second-order valence-corrected chi connectivity index (χ2v) is 5.77. The molecule has 0 aliphatic carbocycles. The van der Waals surface area contributed by atoms with Crippen molar-refractivity contribution in [2.45, 2.75) is 59.7 Å². The molecule has 0 saturated carbocycles. The molecule has 0 amide bonds. The number of carbonyl (C=O) groups is 1. The standard InChI is InChI=1S/C13H24O3/c1-6-11-9(2)7-10(8-15-11)16-12(14)13(3,4)5/h9-11H,6-8H2,1-5H3/t9-,10?,11+/m0/s1. The number of ether oxygens (including phenoxy) is 2. The van der Waals surface area contributed by atoms with Gasteiger partial charge in [0, 0.05) is 0 Å². The monoisotopic (exact) mass is 228 g/mol. The number of esters is 1. The Hall–Kier alpha value is -0.570. The van der Waals surface area contributed by atoms with Crippen LogP contribution >= 0.6 is 0 Å². The van der Waals surface area contributed by atoms with Gasteiger partial charge in [0.1, 0.15) is 6.10 Å². The van der Waals surface area contributed by atoms with Gasteiger partial charge in [0.05, 0.1) is 18.1 Å². The van der Waals surface area contributed by atoms with E-state index in [1.54, 1.807) is 0 Å². The van der Waals surface area contributed by atoms with E-state index in [-0.39, 0.29) is 12.1 Å². The Morgan fingerprint density at radius 2 is 2.06 bits per heavy atom. The Balaban J connectivity index is 2.44. The predicted octanol–water partition coefficient (Wildman–Crippen LogP) is 2.78. The first-order valence-corrected chi connectivity index (χ1v) is 6.17. The quantitative estimate of drug-likeness (QED) is 0.682. The van der Waals surface area contributed by atoms with Crippen LogP contribution in [0.1, 0.15) is 47.5 Å². The van der Waals surface area contributed by atoms with E-state index < -0.39 is 5.41 Å². The molecule has 0 aromatic carbocycles. The molecule has 1 heterocycles. The van der Waals surface area contributed by atoms with Crippen molar-refractivity contribution >= 4 is 5.97 Å². The van der Waals surface area contributed by atoms with Gasteiger partial charge < -0.3 is 9.47 Å². The van der Waals surface area contributed by atoms with Gasteiger partial charge in [-0.05, 0) is 39.5 Å². The molecule has 16 heavy (non-hydrogen) atoms. The van der Waals surface area contributed by atoms with E-state index >= 15 is 0 Å². The summed E-state index contributed by atoms with van der Waals surface area (Å²) in [7, 11) is 0. The molecule has 1 fully saturated rings. The Morgan fingerprint density at radius 1 is 1.44 bits per heavy atom. The smallest absolute Gasteiger partial charge is 0.311 e. The van der Waals surface area contributed by atoms with E-state index in [4.69, 9.17) is 9.47 Å². The minimum atomic E-state index is -0.426. The first-order chi connectivity index (χ1) is 7.34. The largest absolute Gasteiger partial charge is 0.460 e. The lowest BCUT2D eigenvalue weighted by molar-refractivity contribution is -0.171. The Labute approximate surface area is 98.5 Å². The second kappa shape index (κ2) is 5.17. The van der Waals surface area contributed by atoms with Gasteiger partial charge in [-0.25, -0.2) is 0 Å². The number of hydrogen-bond acceptors (Lipinski definition) is 3. The lowest BCUT2D eigenvalue weighted by Crippen LogP contribution is -2.40. The van der Waals surface area contributed by atoms with E-state index in [2.05, 4.69) is 13.8 Å². The average molecular weight is 228 g/mol. The van der Waals surface area contributed by atoms with E-state index in [1.165, 1.54) is 0 Å². The minimum Gasteiger partial charge on any atom is -0.460 e. The zero-order chi connectivity index (χ0) is 12.3. The third-order valence-corrected chi connectivity index (χ3v) is 3.05. The molecule has 1 aliphatic heterocycles. The molecule has 3 nitrogen and oxygen atoms in total. The number of rotatable bonds is 2. The van der Waals surface area contributed by atoms with Gasteiger partial charge in [0.2, 0.25) is 0 Å².